The molecule has 0 aliphatic rings. The Hall–Kier alpha value is -3.06. The van der Waals surface area contributed by atoms with Crippen LogP contribution < -0.4 is 5.43 Å². The van der Waals surface area contributed by atoms with Crippen LogP contribution in [0.4, 0.5) is 18.9 Å². The van der Waals surface area contributed by atoms with Crippen molar-refractivity contribution < 1.29 is 25.8 Å². The Kier molecular flexibility index (Phi) is 5.29. The fraction of sp³-hybridized carbons (Fsp3) is 0.0667. The zero-order valence-corrected chi connectivity index (χ0v) is 13.2. The van der Waals surface area contributed by atoms with Gasteiger partial charge in [-0.1, -0.05) is 24.3 Å². The molecule has 10 heteroatoms. The van der Waals surface area contributed by atoms with Crippen molar-refractivity contribution in [1.29, 1.82) is 5.26 Å². The van der Waals surface area contributed by atoms with Gasteiger partial charge in [0.15, 0.2) is 0 Å². The molecule has 0 saturated heterocycles. The molecule has 0 unspecified atom stereocenters. The van der Waals surface area contributed by atoms with Crippen LogP contribution in [0.25, 0.3) is 0 Å². The number of nitrogens with one attached hydrogen (secondary N) is 1. The summed E-state index contributed by atoms with van der Waals surface area (Å²) in [5, 5.41) is 11.7. The van der Waals surface area contributed by atoms with Crippen molar-refractivity contribution in [3.63, 3.8) is 0 Å². The minimum atomic E-state index is -5.15. The summed E-state index contributed by atoms with van der Waals surface area (Å²) in [7, 11) is -4.70. The molecule has 0 aromatic heterocycles. The molecule has 2 rings (SSSR count). The molecule has 0 amide bonds. The molecule has 2 aromatic carbocycles. The third-order valence-electron chi connectivity index (χ3n) is 2.74. The second-order valence-corrected chi connectivity index (χ2v) is 6.12. The third-order valence-corrected chi connectivity index (χ3v) is 3.97. The minimum Gasteiger partial charge on any atom is -0.351 e. The molecule has 2 aromatic rings. The maximum Gasteiger partial charge on any atom is 0.471 e. The first-order valence-corrected chi connectivity index (χ1v) is 8.04. The Morgan fingerprint density at radius 1 is 1.12 bits per heavy atom. The molecule has 25 heavy (non-hydrogen) atoms. The first-order chi connectivity index (χ1) is 11.7. The lowest BCUT2D eigenvalue weighted by Crippen LogP contribution is -2.29. The fourth-order valence-corrected chi connectivity index (χ4v) is 2.57. The van der Waals surface area contributed by atoms with Crippen molar-refractivity contribution in [2.24, 2.45) is 5.10 Å². The summed E-state index contributed by atoms with van der Waals surface area (Å²) in [5.41, 5.74) is 2.27. The highest BCUT2D eigenvalue weighted by Crippen LogP contribution is 2.23. The predicted octanol–water partition coefficient (Wildman–Crippen LogP) is 3.25. The predicted molar refractivity (Wildman–Crippen MR) is 83.0 cm³/mol. The van der Waals surface area contributed by atoms with Crippen molar-refractivity contribution in [3.8, 4) is 6.07 Å². The van der Waals surface area contributed by atoms with E-state index in [-0.39, 0.29) is 11.3 Å². The molecule has 0 fully saturated rings. The Morgan fingerprint density at radius 3 is 2.40 bits per heavy atom. The number of anilines is 1. The van der Waals surface area contributed by atoms with Gasteiger partial charge in [-0.05, 0) is 30.3 Å². The maximum atomic E-state index is 13.0. The summed E-state index contributed by atoms with van der Waals surface area (Å²) < 4.78 is 67.0. The molecule has 0 aliphatic heterocycles. The lowest BCUT2D eigenvalue weighted by molar-refractivity contribution is -0.0707. The second-order valence-electron chi connectivity index (χ2n) is 4.57. The van der Waals surface area contributed by atoms with Crippen molar-refractivity contribution >= 4 is 21.7 Å². The van der Waals surface area contributed by atoms with Crippen LogP contribution in [-0.2, 0) is 14.3 Å². The van der Waals surface area contributed by atoms with Crippen molar-refractivity contribution in [2.75, 3.05) is 5.43 Å². The average molecular weight is 369 g/mol. The Bertz CT molecular complexity index is 920. The largest absolute Gasteiger partial charge is 0.471 e. The van der Waals surface area contributed by atoms with Crippen molar-refractivity contribution in [3.05, 3.63) is 60.2 Å². The van der Waals surface area contributed by atoms with Gasteiger partial charge in [-0.3, -0.25) is 5.43 Å². The number of rotatable bonds is 4. The van der Waals surface area contributed by atoms with E-state index in [1.54, 1.807) is 0 Å². The molecule has 0 aliphatic carbocycles. The van der Waals surface area contributed by atoms with Gasteiger partial charge in [0.1, 0.15) is 4.90 Å². The topological polar surface area (TPSA) is 91.5 Å². The number of nitrogens with zero attached hydrogens (tertiary/aromatic N) is 2. The molecule has 130 valence electrons. The lowest BCUT2D eigenvalue weighted by atomic mass is 10.2. The summed E-state index contributed by atoms with van der Waals surface area (Å²) in [6.07, 6.45) is -5.15. The van der Waals surface area contributed by atoms with E-state index in [0.29, 0.717) is 0 Å². The van der Waals surface area contributed by atoms with Gasteiger partial charge in [0.2, 0.25) is 0 Å². The van der Waals surface area contributed by atoms with Gasteiger partial charge < -0.3 is 4.18 Å². The summed E-state index contributed by atoms with van der Waals surface area (Å²) in [4.78, 5) is -0.446. The lowest BCUT2D eigenvalue weighted by Gasteiger charge is -2.12. The van der Waals surface area contributed by atoms with Crippen LogP contribution in [-0.4, -0.2) is 20.5 Å². The average Bonchev–Trinajstić information content (AvgIpc) is 2.58. The molecule has 6 nitrogen and oxygen atoms in total. The van der Waals surface area contributed by atoms with E-state index >= 15 is 0 Å². The number of alkyl halides is 3. The minimum absolute atomic E-state index is 0.0570. The number of hydrazone groups is 1. The van der Waals surface area contributed by atoms with Gasteiger partial charge in [-0.2, -0.15) is 26.9 Å². The van der Waals surface area contributed by atoms with Gasteiger partial charge in [0.05, 0.1) is 17.3 Å². The summed E-state index contributed by atoms with van der Waals surface area (Å²) in [6.45, 7) is 0. The number of halogens is 3. The van der Waals surface area contributed by atoms with E-state index in [4.69, 9.17) is 5.26 Å². The van der Waals surface area contributed by atoms with Gasteiger partial charge in [-0.15, -0.1) is 5.10 Å². The van der Waals surface area contributed by atoms with E-state index < -0.39 is 27.1 Å². The Balaban J connectivity index is 2.29. The highest BCUT2D eigenvalue weighted by atomic mass is 32.2. The number of benzene rings is 2. The number of nitriles is 1. The molecule has 0 bridgehead atoms. The van der Waals surface area contributed by atoms with Gasteiger partial charge in [0, 0.05) is 0 Å². The summed E-state index contributed by atoms with van der Waals surface area (Å²) in [5.74, 6) is -1.99. The van der Waals surface area contributed by atoms with Crippen LogP contribution in [0.2, 0.25) is 0 Å². The van der Waals surface area contributed by atoms with Crippen molar-refractivity contribution in [1.82, 2.24) is 0 Å². The summed E-state index contributed by atoms with van der Waals surface area (Å²) >= 11 is 0. The molecule has 0 saturated carbocycles. The summed E-state index contributed by atoms with van der Waals surface area (Å²) in [6, 6.07) is 13.6. The smallest absolute Gasteiger partial charge is 0.351 e. The normalized spacial score (nSPS) is 12.3. The van der Waals surface area contributed by atoms with E-state index in [1.165, 1.54) is 42.5 Å². The van der Waals surface area contributed by atoms with Crippen LogP contribution in [0.5, 0.6) is 0 Å². The molecule has 1 N–H and O–H groups in total. The van der Waals surface area contributed by atoms with Gasteiger partial charge >= 0.3 is 22.2 Å². The van der Waals surface area contributed by atoms with E-state index in [0.717, 1.165) is 12.1 Å². The number of hydrogen-bond donors (Lipinski definition) is 1. The molecular weight excluding hydrogens is 359 g/mol. The highest BCUT2D eigenvalue weighted by Gasteiger charge is 2.42. The van der Waals surface area contributed by atoms with Crippen LogP contribution >= 0.6 is 0 Å². The van der Waals surface area contributed by atoms with Crippen LogP contribution in [0.1, 0.15) is 5.56 Å². The molecule has 0 spiro atoms. The second kappa shape index (κ2) is 7.23. The van der Waals surface area contributed by atoms with E-state index in [2.05, 4.69) is 9.28 Å². The molecule has 0 radical (unpaired) electrons. The van der Waals surface area contributed by atoms with E-state index in [1.807, 2.05) is 11.5 Å². The maximum absolute atomic E-state index is 13.0. The first kappa shape index (κ1) is 18.3. The first-order valence-electron chi connectivity index (χ1n) is 6.63. The fourth-order valence-electron chi connectivity index (χ4n) is 1.64. The molecule has 0 heterocycles. The molecule has 0 atom stereocenters. The highest BCUT2D eigenvalue weighted by molar-refractivity contribution is 7.87. The van der Waals surface area contributed by atoms with Crippen molar-refractivity contribution in [2.45, 2.75) is 11.1 Å². The van der Waals surface area contributed by atoms with Crippen LogP contribution in [0.15, 0.2) is 64.6 Å². The Morgan fingerprint density at radius 2 is 1.80 bits per heavy atom. The van der Waals surface area contributed by atoms with E-state index in [9.17, 15) is 21.6 Å². The Labute approximate surface area is 141 Å². The van der Waals surface area contributed by atoms with Crippen LogP contribution in [0.3, 0.4) is 0 Å². The van der Waals surface area contributed by atoms with Crippen LogP contribution in [0, 0.1) is 11.3 Å². The molecular formula is C15H10F3N3O3S. The SMILES string of the molecule is N#Cc1cccc(N/N=C(\OS(=O)(=O)c2ccccc2)C(F)(F)F)c1. The zero-order valence-electron chi connectivity index (χ0n) is 12.4. The van der Waals surface area contributed by atoms with Gasteiger partial charge in [-0.25, -0.2) is 0 Å². The third kappa shape index (κ3) is 4.95. The zero-order chi connectivity index (χ0) is 18.5. The monoisotopic (exact) mass is 369 g/mol. The standard InChI is InChI=1S/C15H10F3N3O3S/c16-15(17,18)14(21-20-12-6-4-5-11(9-12)10-19)24-25(22,23)13-7-2-1-3-8-13/h1-9,20H/b21-14-. The van der Waals surface area contributed by atoms with Gasteiger partial charge in [0.25, 0.3) is 0 Å². The number of hydrogen-bond acceptors (Lipinski definition) is 6. The quantitative estimate of drug-likeness (QED) is 0.387.